The van der Waals surface area contributed by atoms with Crippen molar-refractivity contribution >= 4 is 21.9 Å². The van der Waals surface area contributed by atoms with E-state index in [0.29, 0.717) is 24.7 Å². The molecule has 1 saturated carbocycles. The molecule has 30 heavy (non-hydrogen) atoms. The molecule has 2 fully saturated rings. The van der Waals surface area contributed by atoms with Crippen LogP contribution in [0.1, 0.15) is 46.0 Å². The standard InChI is InChI=1S/C21H31N3O5S/c1-15-5-3-7-19(16(15)2)23-20(25)14-29-21(26)17-8-11-24(12-9-17)30(27,28)18-6-4-10-22-13-18/h4,6,10,13,15-17,19H,3,5,7-9,11-12,14H2,1-2H3,(H,23,25). The smallest absolute Gasteiger partial charge is 0.309 e. The van der Waals surface area contributed by atoms with Gasteiger partial charge in [0.15, 0.2) is 6.61 Å². The predicted octanol–water partition coefficient (Wildman–Crippen LogP) is 1.97. The third-order valence-corrected chi connectivity index (χ3v) is 8.34. The number of amides is 1. The maximum Gasteiger partial charge on any atom is 0.309 e. The van der Waals surface area contributed by atoms with Gasteiger partial charge in [0, 0.05) is 31.5 Å². The van der Waals surface area contributed by atoms with Gasteiger partial charge in [0.05, 0.1) is 5.92 Å². The van der Waals surface area contributed by atoms with E-state index in [-0.39, 0.29) is 36.5 Å². The topological polar surface area (TPSA) is 106 Å². The van der Waals surface area contributed by atoms with Gasteiger partial charge in [-0.3, -0.25) is 14.6 Å². The minimum atomic E-state index is -3.61. The van der Waals surface area contributed by atoms with Gasteiger partial charge in [-0.2, -0.15) is 4.31 Å². The summed E-state index contributed by atoms with van der Waals surface area (Å²) < 4.78 is 31.9. The number of sulfonamides is 1. The number of carbonyl (C=O) groups excluding carboxylic acids is 2. The van der Waals surface area contributed by atoms with Crippen LogP contribution in [0.5, 0.6) is 0 Å². The fraction of sp³-hybridized carbons (Fsp3) is 0.667. The van der Waals surface area contributed by atoms with Crippen LogP contribution >= 0.6 is 0 Å². The minimum Gasteiger partial charge on any atom is -0.455 e. The van der Waals surface area contributed by atoms with Crippen LogP contribution in [0.15, 0.2) is 29.4 Å². The highest BCUT2D eigenvalue weighted by Gasteiger charge is 2.33. The van der Waals surface area contributed by atoms with Crippen molar-refractivity contribution in [1.29, 1.82) is 0 Å². The maximum absolute atomic E-state index is 12.6. The van der Waals surface area contributed by atoms with Crippen molar-refractivity contribution < 1.29 is 22.7 Å². The molecule has 1 N–H and O–H groups in total. The number of carbonyl (C=O) groups is 2. The molecule has 1 amide bonds. The van der Waals surface area contributed by atoms with Crippen LogP contribution in [0.3, 0.4) is 0 Å². The molecule has 0 radical (unpaired) electrons. The zero-order valence-electron chi connectivity index (χ0n) is 17.6. The Kier molecular flexibility index (Phi) is 7.46. The largest absolute Gasteiger partial charge is 0.455 e. The van der Waals surface area contributed by atoms with Crippen molar-refractivity contribution in [2.24, 2.45) is 17.8 Å². The molecule has 1 saturated heterocycles. The van der Waals surface area contributed by atoms with E-state index in [1.807, 2.05) is 0 Å². The molecule has 166 valence electrons. The molecule has 3 unspecified atom stereocenters. The fourth-order valence-corrected chi connectivity index (χ4v) is 5.70. The normalized spacial score (nSPS) is 26.1. The molecule has 9 heteroatoms. The highest BCUT2D eigenvalue weighted by atomic mass is 32.2. The average molecular weight is 438 g/mol. The lowest BCUT2D eigenvalue weighted by Gasteiger charge is -2.34. The second-order valence-corrected chi connectivity index (χ2v) is 10.4. The van der Waals surface area contributed by atoms with Crippen LogP contribution in [-0.2, 0) is 24.3 Å². The summed E-state index contributed by atoms with van der Waals surface area (Å²) >= 11 is 0. The first-order chi connectivity index (χ1) is 14.3. The van der Waals surface area contributed by atoms with E-state index >= 15 is 0 Å². The van der Waals surface area contributed by atoms with E-state index in [1.165, 1.54) is 29.2 Å². The Morgan fingerprint density at radius 2 is 1.93 bits per heavy atom. The lowest BCUT2D eigenvalue weighted by atomic mass is 9.78. The Morgan fingerprint density at radius 1 is 1.20 bits per heavy atom. The molecular weight excluding hydrogens is 406 g/mol. The zero-order valence-corrected chi connectivity index (χ0v) is 18.4. The van der Waals surface area contributed by atoms with Gasteiger partial charge in [-0.15, -0.1) is 0 Å². The van der Waals surface area contributed by atoms with E-state index in [9.17, 15) is 18.0 Å². The van der Waals surface area contributed by atoms with Crippen molar-refractivity contribution in [2.45, 2.75) is 56.9 Å². The quantitative estimate of drug-likeness (QED) is 0.682. The van der Waals surface area contributed by atoms with Crippen LogP contribution < -0.4 is 5.32 Å². The van der Waals surface area contributed by atoms with Gasteiger partial charge in [0.2, 0.25) is 10.0 Å². The van der Waals surface area contributed by atoms with Crippen LogP contribution in [-0.4, -0.2) is 55.3 Å². The lowest BCUT2D eigenvalue weighted by Crippen LogP contribution is -2.45. The summed E-state index contributed by atoms with van der Waals surface area (Å²) in [5.41, 5.74) is 0. The molecular formula is C21H31N3O5S. The molecule has 1 aliphatic heterocycles. The summed E-state index contributed by atoms with van der Waals surface area (Å²) in [6.45, 7) is 4.53. The molecule has 2 heterocycles. The predicted molar refractivity (Wildman–Crippen MR) is 111 cm³/mol. The number of pyridine rings is 1. The SMILES string of the molecule is CC1CCCC(NC(=O)COC(=O)C2CCN(S(=O)(=O)c3cccnc3)CC2)C1C. The molecule has 8 nitrogen and oxygen atoms in total. The van der Waals surface area contributed by atoms with Gasteiger partial charge in [-0.1, -0.05) is 26.7 Å². The number of hydrogen-bond acceptors (Lipinski definition) is 6. The molecule has 0 bridgehead atoms. The number of aromatic nitrogens is 1. The van der Waals surface area contributed by atoms with Gasteiger partial charge in [-0.05, 0) is 43.2 Å². The third kappa shape index (κ3) is 5.37. The number of esters is 1. The molecule has 3 atom stereocenters. The number of nitrogens with zero attached hydrogens (tertiary/aromatic N) is 2. The average Bonchev–Trinajstić information content (AvgIpc) is 2.76. The van der Waals surface area contributed by atoms with Crippen molar-refractivity contribution in [3.8, 4) is 0 Å². The van der Waals surface area contributed by atoms with Gasteiger partial charge in [-0.25, -0.2) is 8.42 Å². The van der Waals surface area contributed by atoms with Crippen molar-refractivity contribution in [1.82, 2.24) is 14.6 Å². The van der Waals surface area contributed by atoms with Gasteiger partial charge in [0.25, 0.3) is 5.91 Å². The first-order valence-corrected chi connectivity index (χ1v) is 12.1. The van der Waals surface area contributed by atoms with Crippen LogP contribution in [0.25, 0.3) is 0 Å². The Labute approximate surface area is 178 Å². The van der Waals surface area contributed by atoms with E-state index < -0.39 is 21.9 Å². The Hall–Kier alpha value is -2.00. The summed E-state index contributed by atoms with van der Waals surface area (Å²) in [6, 6.07) is 3.22. The number of nitrogens with one attached hydrogen (secondary N) is 1. The Balaban J connectivity index is 1.44. The monoisotopic (exact) mass is 437 g/mol. The van der Waals surface area contributed by atoms with E-state index in [1.54, 1.807) is 6.07 Å². The van der Waals surface area contributed by atoms with Gasteiger partial charge < -0.3 is 10.1 Å². The fourth-order valence-electron chi connectivity index (χ4n) is 4.27. The molecule has 1 aliphatic carbocycles. The highest BCUT2D eigenvalue weighted by molar-refractivity contribution is 7.89. The summed E-state index contributed by atoms with van der Waals surface area (Å²) in [6.07, 6.45) is 6.81. The highest BCUT2D eigenvalue weighted by Crippen LogP contribution is 2.29. The van der Waals surface area contributed by atoms with Gasteiger partial charge >= 0.3 is 5.97 Å². The zero-order chi connectivity index (χ0) is 21.7. The van der Waals surface area contributed by atoms with E-state index in [2.05, 4.69) is 24.1 Å². The summed E-state index contributed by atoms with van der Waals surface area (Å²) in [7, 11) is -3.61. The number of rotatable bonds is 6. The number of hydrogen-bond donors (Lipinski definition) is 1. The van der Waals surface area contributed by atoms with Crippen LogP contribution in [0.2, 0.25) is 0 Å². The second kappa shape index (κ2) is 9.87. The summed E-state index contributed by atoms with van der Waals surface area (Å²) in [5, 5.41) is 2.99. The Bertz CT molecular complexity index is 837. The summed E-state index contributed by atoms with van der Waals surface area (Å²) in [5.74, 6) is -0.129. The Morgan fingerprint density at radius 3 is 2.60 bits per heavy atom. The van der Waals surface area contributed by atoms with E-state index in [0.717, 1.165) is 12.8 Å². The maximum atomic E-state index is 12.6. The number of ether oxygens (including phenoxy) is 1. The van der Waals surface area contributed by atoms with Crippen LogP contribution in [0.4, 0.5) is 0 Å². The first kappa shape index (κ1) is 22.7. The lowest BCUT2D eigenvalue weighted by molar-refractivity contribution is -0.154. The third-order valence-electron chi connectivity index (χ3n) is 6.46. The summed E-state index contributed by atoms with van der Waals surface area (Å²) in [4.78, 5) is 28.6. The minimum absolute atomic E-state index is 0.126. The molecule has 0 spiro atoms. The van der Waals surface area contributed by atoms with Crippen molar-refractivity contribution in [3.63, 3.8) is 0 Å². The molecule has 1 aromatic heterocycles. The second-order valence-electron chi connectivity index (χ2n) is 8.42. The molecule has 3 rings (SSSR count). The van der Waals surface area contributed by atoms with Crippen LogP contribution in [0, 0.1) is 17.8 Å². The molecule has 0 aromatic carbocycles. The van der Waals surface area contributed by atoms with Crippen molar-refractivity contribution in [3.05, 3.63) is 24.5 Å². The van der Waals surface area contributed by atoms with E-state index in [4.69, 9.17) is 4.74 Å². The number of piperidine rings is 1. The first-order valence-electron chi connectivity index (χ1n) is 10.6. The van der Waals surface area contributed by atoms with Gasteiger partial charge in [0.1, 0.15) is 4.90 Å². The molecule has 1 aromatic rings. The van der Waals surface area contributed by atoms with Crippen molar-refractivity contribution in [2.75, 3.05) is 19.7 Å². The molecule has 2 aliphatic rings.